The summed E-state index contributed by atoms with van der Waals surface area (Å²) in [5.74, 6) is 0.828. The first-order chi connectivity index (χ1) is 14.8. The average molecular weight is 438 g/mol. The number of fused-ring (bicyclic) bond motifs is 1. The number of rotatable bonds is 7. The summed E-state index contributed by atoms with van der Waals surface area (Å²) >= 11 is 0. The van der Waals surface area contributed by atoms with Crippen LogP contribution in [-0.4, -0.2) is 28.2 Å². The molecule has 0 radical (unpaired) electrons. The second-order valence-corrected chi connectivity index (χ2v) is 8.93. The fraction of sp³-hybridized carbons (Fsp3) is 0.190. The van der Waals surface area contributed by atoms with Gasteiger partial charge in [-0.3, -0.25) is 4.68 Å². The van der Waals surface area contributed by atoms with E-state index >= 15 is 0 Å². The summed E-state index contributed by atoms with van der Waals surface area (Å²) in [5.41, 5.74) is 4.45. The normalized spacial score (nSPS) is 11.6. The van der Waals surface area contributed by atoms with Crippen LogP contribution in [0.3, 0.4) is 0 Å². The molecule has 4 N–H and O–H groups in total. The molecule has 0 unspecified atom stereocenters. The van der Waals surface area contributed by atoms with Gasteiger partial charge in [0.1, 0.15) is 5.82 Å². The fourth-order valence-electron chi connectivity index (χ4n) is 3.30. The maximum absolute atomic E-state index is 11.3. The van der Waals surface area contributed by atoms with Gasteiger partial charge in [0.25, 0.3) is 0 Å². The predicted molar refractivity (Wildman–Crippen MR) is 121 cm³/mol. The summed E-state index contributed by atoms with van der Waals surface area (Å²) in [6.07, 6.45) is 1.65. The van der Waals surface area contributed by atoms with E-state index in [1.807, 2.05) is 18.7 Å². The highest BCUT2D eigenvalue weighted by Gasteiger charge is 2.08. The minimum Gasteiger partial charge on any atom is -0.366 e. The summed E-state index contributed by atoms with van der Waals surface area (Å²) in [5, 5.41) is 17.2. The van der Waals surface area contributed by atoms with Gasteiger partial charge in [-0.15, -0.1) is 0 Å². The number of nitrogens with two attached hydrogens (primary N) is 1. The number of nitrogens with zero attached hydrogens (tertiary/aromatic N) is 4. The third-order valence-corrected chi connectivity index (χ3v) is 5.61. The van der Waals surface area contributed by atoms with Crippen LogP contribution in [0.1, 0.15) is 16.8 Å². The van der Waals surface area contributed by atoms with Gasteiger partial charge >= 0.3 is 0 Å². The molecule has 0 spiro atoms. The molecule has 2 heterocycles. The number of benzene rings is 2. The third-order valence-electron chi connectivity index (χ3n) is 4.88. The van der Waals surface area contributed by atoms with E-state index in [1.54, 1.807) is 36.5 Å². The average Bonchev–Trinajstić information content (AvgIpc) is 2.99. The molecule has 2 aromatic heterocycles. The largest absolute Gasteiger partial charge is 0.366 e. The van der Waals surface area contributed by atoms with E-state index in [9.17, 15) is 8.42 Å². The summed E-state index contributed by atoms with van der Waals surface area (Å²) in [7, 11) is -1.66. The van der Waals surface area contributed by atoms with Crippen LogP contribution in [0.5, 0.6) is 0 Å². The van der Waals surface area contributed by atoms with Gasteiger partial charge in [-0.05, 0) is 42.3 Å². The molecule has 0 saturated heterocycles. The lowest BCUT2D eigenvalue weighted by atomic mass is 10.1. The fourth-order valence-corrected chi connectivity index (χ4v) is 3.94. The number of hydrogen-bond acceptors (Lipinski definition) is 7. The van der Waals surface area contributed by atoms with Crippen molar-refractivity contribution in [2.24, 2.45) is 12.2 Å². The summed E-state index contributed by atoms with van der Waals surface area (Å²) in [4.78, 5) is 8.70. The van der Waals surface area contributed by atoms with Gasteiger partial charge in [-0.1, -0.05) is 24.3 Å². The molecule has 31 heavy (non-hydrogen) atoms. The van der Waals surface area contributed by atoms with Crippen molar-refractivity contribution in [3.05, 3.63) is 71.5 Å². The zero-order valence-electron chi connectivity index (χ0n) is 17.2. The van der Waals surface area contributed by atoms with E-state index < -0.39 is 10.0 Å². The Morgan fingerprint density at radius 1 is 1.10 bits per heavy atom. The van der Waals surface area contributed by atoms with Crippen molar-refractivity contribution in [1.29, 1.82) is 0 Å². The Morgan fingerprint density at radius 3 is 2.74 bits per heavy atom. The lowest BCUT2D eigenvalue weighted by Crippen LogP contribution is -2.14. The second kappa shape index (κ2) is 8.32. The minimum absolute atomic E-state index is 0.231. The first kappa shape index (κ1) is 20.8. The van der Waals surface area contributed by atoms with Crippen LogP contribution in [0.2, 0.25) is 0 Å². The number of nitrogens with one attached hydrogen (secondary N) is 2. The molecule has 4 aromatic rings. The van der Waals surface area contributed by atoms with Crippen LogP contribution in [-0.2, 0) is 29.4 Å². The topological polar surface area (TPSA) is 128 Å². The van der Waals surface area contributed by atoms with Crippen LogP contribution in [0.25, 0.3) is 10.9 Å². The molecule has 0 aliphatic heterocycles. The zero-order chi connectivity index (χ0) is 22.0. The Balaban J connectivity index is 1.45. The maximum atomic E-state index is 11.3. The van der Waals surface area contributed by atoms with E-state index in [-0.39, 0.29) is 5.75 Å². The Bertz CT molecular complexity index is 1350. The highest BCUT2D eigenvalue weighted by atomic mass is 32.2. The monoisotopic (exact) mass is 437 g/mol. The lowest BCUT2D eigenvalue weighted by Gasteiger charge is -2.09. The van der Waals surface area contributed by atoms with Crippen molar-refractivity contribution >= 4 is 38.4 Å². The number of anilines is 3. The van der Waals surface area contributed by atoms with E-state index in [0.717, 1.165) is 22.2 Å². The smallest absolute Gasteiger partial charge is 0.229 e. The first-order valence-electron chi connectivity index (χ1n) is 9.62. The van der Waals surface area contributed by atoms with Gasteiger partial charge in [0, 0.05) is 36.6 Å². The molecule has 2 aromatic carbocycles. The Morgan fingerprint density at radius 2 is 1.94 bits per heavy atom. The Labute approximate surface area is 180 Å². The molecule has 0 amide bonds. The van der Waals surface area contributed by atoms with E-state index in [2.05, 4.69) is 43.9 Å². The van der Waals surface area contributed by atoms with Crippen molar-refractivity contribution in [3.63, 3.8) is 0 Å². The third kappa shape index (κ3) is 5.16. The zero-order valence-corrected chi connectivity index (χ0v) is 18.0. The number of hydrogen-bond donors (Lipinski definition) is 3. The van der Waals surface area contributed by atoms with Crippen LogP contribution < -0.4 is 15.8 Å². The molecule has 10 heteroatoms. The molecular weight excluding hydrogens is 414 g/mol. The van der Waals surface area contributed by atoms with E-state index in [1.165, 1.54) is 0 Å². The number of aryl methyl sites for hydroxylation is 2. The molecular formula is C21H23N7O2S. The number of aromatic nitrogens is 4. The van der Waals surface area contributed by atoms with Crippen molar-refractivity contribution < 1.29 is 8.42 Å². The van der Waals surface area contributed by atoms with Crippen molar-refractivity contribution in [1.82, 2.24) is 19.7 Å². The van der Waals surface area contributed by atoms with E-state index in [4.69, 9.17) is 5.14 Å². The van der Waals surface area contributed by atoms with Crippen molar-refractivity contribution in [3.8, 4) is 0 Å². The molecule has 0 atom stereocenters. The molecule has 0 fully saturated rings. The second-order valence-electron chi connectivity index (χ2n) is 7.31. The van der Waals surface area contributed by atoms with Gasteiger partial charge in [0.15, 0.2) is 0 Å². The van der Waals surface area contributed by atoms with Crippen LogP contribution in [0.4, 0.5) is 17.5 Å². The molecule has 0 bridgehead atoms. The van der Waals surface area contributed by atoms with Gasteiger partial charge in [0.05, 0.1) is 11.3 Å². The van der Waals surface area contributed by atoms with Gasteiger partial charge in [-0.2, -0.15) is 10.1 Å². The van der Waals surface area contributed by atoms with Crippen molar-refractivity contribution in [2.75, 3.05) is 10.6 Å². The van der Waals surface area contributed by atoms with Gasteiger partial charge in [-0.25, -0.2) is 18.5 Å². The summed E-state index contributed by atoms with van der Waals surface area (Å²) < 4.78 is 24.5. The summed E-state index contributed by atoms with van der Waals surface area (Å²) in [6, 6.07) is 15.0. The van der Waals surface area contributed by atoms with Crippen LogP contribution >= 0.6 is 0 Å². The molecule has 0 saturated carbocycles. The molecule has 0 aliphatic carbocycles. The Hall–Kier alpha value is -3.50. The molecule has 9 nitrogen and oxygen atoms in total. The standard InChI is InChI=1S/C21H23N7O2S/c1-14-18-7-6-15(11-19(18)27-28(14)2)12-24-20-8-9-23-21(26-20)25-17-5-3-4-16(10-17)13-31(22,29)30/h3-11H,12-13H2,1-2H3,(H2,22,29,30)(H2,23,24,25,26). The minimum atomic E-state index is -3.60. The SMILES string of the molecule is Cc1c2ccc(CNc3ccnc(Nc4cccc(CS(N)(=O)=O)c4)n3)cc2nn1C. The number of sulfonamides is 1. The van der Waals surface area contributed by atoms with Crippen LogP contribution in [0.15, 0.2) is 54.7 Å². The van der Waals surface area contributed by atoms with Crippen molar-refractivity contribution in [2.45, 2.75) is 19.2 Å². The van der Waals surface area contributed by atoms with Gasteiger partial charge in [0.2, 0.25) is 16.0 Å². The lowest BCUT2D eigenvalue weighted by molar-refractivity contribution is 0.597. The van der Waals surface area contributed by atoms with E-state index in [0.29, 0.717) is 29.6 Å². The Kier molecular flexibility index (Phi) is 5.57. The molecule has 0 aliphatic rings. The molecule has 4 rings (SSSR count). The predicted octanol–water partition coefficient (Wildman–Crippen LogP) is 2.82. The number of primary sulfonamides is 1. The quantitative estimate of drug-likeness (QED) is 0.405. The summed E-state index contributed by atoms with van der Waals surface area (Å²) in [6.45, 7) is 2.64. The van der Waals surface area contributed by atoms with Crippen LogP contribution in [0, 0.1) is 6.92 Å². The highest BCUT2D eigenvalue weighted by Crippen LogP contribution is 2.20. The first-order valence-corrected chi connectivity index (χ1v) is 11.3. The highest BCUT2D eigenvalue weighted by molar-refractivity contribution is 7.88. The van der Waals surface area contributed by atoms with Gasteiger partial charge < -0.3 is 10.6 Å². The maximum Gasteiger partial charge on any atom is 0.229 e. The molecule has 160 valence electrons.